The van der Waals surface area contributed by atoms with E-state index in [-0.39, 0.29) is 16.3 Å². The Morgan fingerprint density at radius 3 is 2.67 bits per heavy atom. The number of methoxy groups -OCH3 is 1. The number of carbonyl (C=O) groups excluding carboxylic acids is 1. The van der Waals surface area contributed by atoms with Gasteiger partial charge in [0, 0.05) is 30.0 Å². The molecule has 1 atom stereocenters. The standard InChI is InChI=1S/C24H32N6O4S2/c1-7-18(20-14-35-23(28-20)30-36(32,33)17-9-10-17)22(31)29-21-11-8-16(12-26-21)19(13-25-5)27-15(2)24(3,4)34-6/h8,11-14,17-18H,5,7,9-10H2,1-4,6H3,(H,28,30)(H,26,29,31)/b19-13-,27-15?. The van der Waals surface area contributed by atoms with Gasteiger partial charge in [-0.1, -0.05) is 6.92 Å². The molecule has 1 aliphatic rings. The van der Waals surface area contributed by atoms with Crippen LogP contribution in [0.1, 0.15) is 64.1 Å². The zero-order valence-corrected chi connectivity index (χ0v) is 22.7. The van der Waals surface area contributed by atoms with Gasteiger partial charge in [-0.3, -0.25) is 19.5 Å². The molecule has 2 N–H and O–H groups in total. The Morgan fingerprint density at radius 1 is 1.39 bits per heavy atom. The smallest absolute Gasteiger partial charge is 0.237 e. The number of sulfonamides is 1. The summed E-state index contributed by atoms with van der Waals surface area (Å²) in [7, 11) is -1.78. The maximum Gasteiger partial charge on any atom is 0.237 e. The van der Waals surface area contributed by atoms with E-state index in [0.29, 0.717) is 42.0 Å². The van der Waals surface area contributed by atoms with Crippen molar-refractivity contribution in [2.75, 3.05) is 17.1 Å². The zero-order valence-electron chi connectivity index (χ0n) is 21.1. The lowest BCUT2D eigenvalue weighted by molar-refractivity contribution is -0.117. The number of hydrogen-bond acceptors (Lipinski definition) is 9. The van der Waals surface area contributed by atoms with Crippen LogP contribution in [0.3, 0.4) is 0 Å². The first-order chi connectivity index (χ1) is 17.0. The fraction of sp³-hybridized carbons (Fsp3) is 0.458. The number of anilines is 2. The molecule has 2 heterocycles. The average Bonchev–Trinajstić information content (AvgIpc) is 3.61. The minimum atomic E-state index is -3.40. The van der Waals surface area contributed by atoms with E-state index in [4.69, 9.17) is 4.74 Å². The zero-order chi connectivity index (χ0) is 26.5. The highest BCUT2D eigenvalue weighted by Crippen LogP contribution is 2.32. The van der Waals surface area contributed by atoms with Gasteiger partial charge in [0.25, 0.3) is 0 Å². The van der Waals surface area contributed by atoms with E-state index in [1.165, 1.54) is 17.5 Å². The van der Waals surface area contributed by atoms with Gasteiger partial charge in [-0.15, -0.1) is 11.3 Å². The number of hydrogen-bond donors (Lipinski definition) is 2. The lowest BCUT2D eigenvalue weighted by atomic mass is 10.0. The number of aromatic nitrogens is 2. The van der Waals surface area contributed by atoms with Crippen molar-refractivity contribution in [1.29, 1.82) is 0 Å². The minimum absolute atomic E-state index is 0.272. The summed E-state index contributed by atoms with van der Waals surface area (Å²) < 4.78 is 32.3. The Kier molecular flexibility index (Phi) is 8.75. The third-order valence-corrected chi connectivity index (χ3v) is 8.72. The molecule has 1 fully saturated rings. The molecule has 36 heavy (non-hydrogen) atoms. The molecule has 1 amide bonds. The van der Waals surface area contributed by atoms with Crippen molar-refractivity contribution < 1.29 is 17.9 Å². The number of thiazole rings is 1. The van der Waals surface area contributed by atoms with Crippen molar-refractivity contribution in [1.82, 2.24) is 9.97 Å². The molecule has 0 radical (unpaired) electrons. The van der Waals surface area contributed by atoms with Gasteiger partial charge in [-0.25, -0.2) is 18.4 Å². The maximum absolute atomic E-state index is 13.0. The summed E-state index contributed by atoms with van der Waals surface area (Å²) in [5.74, 6) is -0.458. The molecule has 0 aliphatic heterocycles. The van der Waals surface area contributed by atoms with Crippen LogP contribution in [0, 0.1) is 0 Å². The Bertz CT molecular complexity index is 1260. The lowest BCUT2D eigenvalue weighted by Gasteiger charge is -2.23. The van der Waals surface area contributed by atoms with E-state index < -0.39 is 21.5 Å². The topological polar surface area (TPSA) is 135 Å². The maximum atomic E-state index is 13.0. The van der Waals surface area contributed by atoms with Crippen molar-refractivity contribution in [3.05, 3.63) is 41.2 Å². The first-order valence-corrected chi connectivity index (χ1v) is 13.9. The molecule has 2 aromatic heterocycles. The molecule has 194 valence electrons. The predicted octanol–water partition coefficient (Wildman–Crippen LogP) is 4.46. The molecule has 10 nitrogen and oxygen atoms in total. The van der Waals surface area contributed by atoms with Crippen LogP contribution in [-0.2, 0) is 19.6 Å². The Balaban J connectivity index is 1.71. The minimum Gasteiger partial charge on any atom is -0.373 e. The predicted molar refractivity (Wildman–Crippen MR) is 145 cm³/mol. The van der Waals surface area contributed by atoms with Crippen LogP contribution in [0.25, 0.3) is 5.70 Å². The second kappa shape index (κ2) is 11.4. The van der Waals surface area contributed by atoms with E-state index >= 15 is 0 Å². The van der Waals surface area contributed by atoms with Crippen LogP contribution in [0.15, 0.2) is 39.9 Å². The molecule has 0 saturated heterocycles. The fourth-order valence-electron chi connectivity index (χ4n) is 3.16. The van der Waals surface area contributed by atoms with Crippen LogP contribution in [-0.4, -0.2) is 54.7 Å². The summed E-state index contributed by atoms with van der Waals surface area (Å²) in [5, 5.41) is 4.45. The average molecular weight is 533 g/mol. The number of pyridine rings is 1. The Hall–Kier alpha value is -2.96. The summed E-state index contributed by atoms with van der Waals surface area (Å²) in [5.41, 5.74) is 1.98. The van der Waals surface area contributed by atoms with Gasteiger partial charge < -0.3 is 10.1 Å². The van der Waals surface area contributed by atoms with Gasteiger partial charge in [0.2, 0.25) is 15.9 Å². The summed E-state index contributed by atoms with van der Waals surface area (Å²) in [6.07, 6.45) is 4.95. The highest BCUT2D eigenvalue weighted by atomic mass is 32.2. The third-order valence-electron chi connectivity index (χ3n) is 5.99. The van der Waals surface area contributed by atoms with Crippen LogP contribution in [0.4, 0.5) is 10.9 Å². The van der Waals surface area contributed by atoms with Crippen LogP contribution < -0.4 is 10.0 Å². The van der Waals surface area contributed by atoms with Crippen molar-refractivity contribution in [3.8, 4) is 0 Å². The van der Waals surface area contributed by atoms with Crippen LogP contribution in [0.2, 0.25) is 0 Å². The van der Waals surface area contributed by atoms with Crippen LogP contribution in [0.5, 0.6) is 0 Å². The van der Waals surface area contributed by atoms with E-state index in [2.05, 4.69) is 36.7 Å². The number of rotatable bonds is 12. The normalized spacial score (nSPS) is 15.9. The SMILES string of the molecule is C=N/C=C(\N=C(C)C(C)(C)OC)c1ccc(NC(=O)C(CC)c2csc(NS(=O)(=O)C3CC3)n2)nc1. The Labute approximate surface area is 216 Å². The number of nitrogens with one attached hydrogen (secondary N) is 2. The summed E-state index contributed by atoms with van der Waals surface area (Å²) in [6.45, 7) is 11.1. The molecule has 1 saturated carbocycles. The number of amides is 1. The van der Waals surface area contributed by atoms with Gasteiger partial charge in [0.1, 0.15) is 5.82 Å². The molecule has 0 aromatic carbocycles. The highest BCUT2D eigenvalue weighted by molar-refractivity contribution is 7.93. The molecule has 2 aromatic rings. The number of nitrogens with zero attached hydrogens (tertiary/aromatic N) is 4. The number of carbonyl (C=O) groups is 1. The monoisotopic (exact) mass is 532 g/mol. The van der Waals surface area contributed by atoms with E-state index in [1.807, 2.05) is 27.7 Å². The van der Waals surface area contributed by atoms with E-state index in [0.717, 1.165) is 5.71 Å². The third kappa shape index (κ3) is 6.83. The molecule has 1 unspecified atom stereocenters. The van der Waals surface area contributed by atoms with Gasteiger partial charge in [-0.2, -0.15) is 0 Å². The largest absolute Gasteiger partial charge is 0.373 e. The molecular weight excluding hydrogens is 500 g/mol. The number of ether oxygens (including phenoxy) is 1. The van der Waals surface area contributed by atoms with Crippen molar-refractivity contribution in [2.45, 2.75) is 63.7 Å². The van der Waals surface area contributed by atoms with Crippen molar-refractivity contribution >= 4 is 56.3 Å². The van der Waals surface area contributed by atoms with Crippen molar-refractivity contribution in [3.63, 3.8) is 0 Å². The number of aliphatic imine (C=N–C) groups is 2. The highest BCUT2D eigenvalue weighted by Gasteiger charge is 2.36. The van der Waals surface area contributed by atoms with E-state index in [1.54, 1.807) is 30.8 Å². The summed E-state index contributed by atoms with van der Waals surface area (Å²) in [6, 6.07) is 3.46. The lowest BCUT2D eigenvalue weighted by Crippen LogP contribution is -2.31. The quantitative estimate of drug-likeness (QED) is 0.388. The molecule has 12 heteroatoms. The molecule has 0 bridgehead atoms. The second-order valence-corrected chi connectivity index (χ2v) is 11.7. The molecule has 0 spiro atoms. The molecule has 1 aliphatic carbocycles. The second-order valence-electron chi connectivity index (χ2n) is 8.91. The van der Waals surface area contributed by atoms with Crippen LogP contribution >= 0.6 is 11.3 Å². The van der Waals surface area contributed by atoms with Gasteiger partial charge in [0.15, 0.2) is 5.13 Å². The Morgan fingerprint density at radius 2 is 2.11 bits per heavy atom. The van der Waals surface area contributed by atoms with Crippen molar-refractivity contribution in [2.24, 2.45) is 9.98 Å². The van der Waals surface area contributed by atoms with Gasteiger partial charge in [-0.05, 0) is 58.9 Å². The fourth-order valence-corrected chi connectivity index (χ4v) is 5.52. The summed E-state index contributed by atoms with van der Waals surface area (Å²) >= 11 is 1.17. The van der Waals surface area contributed by atoms with E-state index in [9.17, 15) is 13.2 Å². The first-order valence-electron chi connectivity index (χ1n) is 11.5. The molecular formula is C24H32N6O4S2. The first kappa shape index (κ1) is 27.6. The summed E-state index contributed by atoms with van der Waals surface area (Å²) in [4.78, 5) is 30.2. The molecule has 3 rings (SSSR count). The van der Waals surface area contributed by atoms with Gasteiger partial charge >= 0.3 is 0 Å². The van der Waals surface area contributed by atoms with Gasteiger partial charge in [0.05, 0.1) is 34.4 Å².